The van der Waals surface area contributed by atoms with Crippen molar-refractivity contribution in [2.45, 2.75) is 49.9 Å². The van der Waals surface area contributed by atoms with E-state index in [1.165, 1.54) is 25.7 Å². The van der Waals surface area contributed by atoms with Crippen LogP contribution in [0, 0.1) is 0 Å². The Balaban J connectivity index is 1.51. The fraction of sp³-hybridized carbons (Fsp3) is 0.917. The molecule has 1 amide bonds. The summed E-state index contributed by atoms with van der Waals surface area (Å²) < 4.78 is 5.33. The molecule has 3 nitrogen and oxygen atoms in total. The zero-order valence-electron chi connectivity index (χ0n) is 9.74. The molecule has 1 heterocycles. The van der Waals surface area contributed by atoms with Crippen LogP contribution in [-0.4, -0.2) is 36.2 Å². The van der Waals surface area contributed by atoms with Crippen molar-refractivity contribution in [3.8, 4) is 0 Å². The van der Waals surface area contributed by atoms with Crippen LogP contribution in [-0.2, 0) is 9.53 Å². The van der Waals surface area contributed by atoms with E-state index in [1.54, 1.807) is 0 Å². The first-order valence-electron chi connectivity index (χ1n) is 6.37. The van der Waals surface area contributed by atoms with E-state index < -0.39 is 0 Å². The summed E-state index contributed by atoms with van der Waals surface area (Å²) in [4.78, 5) is 11.6. The van der Waals surface area contributed by atoms with E-state index in [1.807, 2.05) is 11.8 Å². The van der Waals surface area contributed by atoms with Crippen molar-refractivity contribution in [2.75, 3.05) is 18.9 Å². The van der Waals surface area contributed by atoms with Gasteiger partial charge in [-0.05, 0) is 25.7 Å². The summed E-state index contributed by atoms with van der Waals surface area (Å²) >= 11 is 2.01. The first-order chi connectivity index (χ1) is 7.86. The predicted octanol–water partition coefficient (Wildman–Crippen LogP) is 1.96. The summed E-state index contributed by atoms with van der Waals surface area (Å²) in [5, 5.41) is 3.81. The SMILES string of the molecule is O=C(NCCSC1CCCC1)C1CCCO1. The monoisotopic (exact) mass is 243 g/mol. The summed E-state index contributed by atoms with van der Waals surface area (Å²) in [7, 11) is 0. The quantitative estimate of drug-likeness (QED) is 0.750. The molecule has 0 spiro atoms. The fourth-order valence-corrected chi connectivity index (χ4v) is 3.57. The lowest BCUT2D eigenvalue weighted by Gasteiger charge is -2.11. The second kappa shape index (κ2) is 6.50. The van der Waals surface area contributed by atoms with Gasteiger partial charge in [0.2, 0.25) is 5.91 Å². The molecule has 2 aliphatic rings. The van der Waals surface area contributed by atoms with Crippen LogP contribution in [0.1, 0.15) is 38.5 Å². The zero-order valence-corrected chi connectivity index (χ0v) is 10.6. The first kappa shape index (κ1) is 12.2. The summed E-state index contributed by atoms with van der Waals surface area (Å²) in [5.74, 6) is 1.13. The number of nitrogens with one attached hydrogen (secondary N) is 1. The number of hydrogen-bond acceptors (Lipinski definition) is 3. The van der Waals surface area contributed by atoms with Crippen LogP contribution in [0.2, 0.25) is 0 Å². The Morgan fingerprint density at radius 2 is 2.06 bits per heavy atom. The maximum absolute atomic E-state index is 11.6. The van der Waals surface area contributed by atoms with Gasteiger partial charge in [0.15, 0.2) is 0 Å². The summed E-state index contributed by atoms with van der Waals surface area (Å²) in [6.45, 7) is 1.54. The second-order valence-electron chi connectivity index (χ2n) is 4.57. The van der Waals surface area contributed by atoms with Gasteiger partial charge in [0.05, 0.1) is 0 Å². The molecule has 92 valence electrons. The van der Waals surface area contributed by atoms with Gasteiger partial charge in [-0.25, -0.2) is 0 Å². The third kappa shape index (κ3) is 3.67. The molecule has 1 aliphatic carbocycles. The normalized spacial score (nSPS) is 26.1. The summed E-state index contributed by atoms with van der Waals surface area (Å²) in [6, 6.07) is 0. The van der Waals surface area contributed by atoms with Gasteiger partial charge in [-0.1, -0.05) is 12.8 Å². The van der Waals surface area contributed by atoms with Crippen LogP contribution in [0.4, 0.5) is 0 Å². The van der Waals surface area contributed by atoms with E-state index in [0.717, 1.165) is 37.0 Å². The minimum absolute atomic E-state index is 0.0875. The molecule has 0 aromatic heterocycles. The van der Waals surface area contributed by atoms with Crippen LogP contribution < -0.4 is 5.32 Å². The number of carbonyl (C=O) groups is 1. The molecule has 0 aromatic carbocycles. The Kier molecular flexibility index (Phi) is 4.97. The van der Waals surface area contributed by atoms with Crippen LogP contribution in [0.25, 0.3) is 0 Å². The van der Waals surface area contributed by atoms with Gasteiger partial charge in [0.1, 0.15) is 6.10 Å². The van der Waals surface area contributed by atoms with E-state index in [0.29, 0.717) is 0 Å². The second-order valence-corrected chi connectivity index (χ2v) is 5.98. The molecule has 2 rings (SSSR count). The average Bonchev–Trinajstić information content (AvgIpc) is 2.96. The molecule has 1 saturated carbocycles. The Hall–Kier alpha value is -0.220. The topological polar surface area (TPSA) is 38.3 Å². The van der Waals surface area contributed by atoms with E-state index >= 15 is 0 Å². The van der Waals surface area contributed by atoms with Gasteiger partial charge in [-0.15, -0.1) is 0 Å². The van der Waals surface area contributed by atoms with Crippen molar-refractivity contribution in [3.05, 3.63) is 0 Å². The van der Waals surface area contributed by atoms with Crippen molar-refractivity contribution in [3.63, 3.8) is 0 Å². The third-order valence-corrected chi connectivity index (χ3v) is 4.66. The Morgan fingerprint density at radius 1 is 1.25 bits per heavy atom. The van der Waals surface area contributed by atoms with E-state index in [-0.39, 0.29) is 12.0 Å². The smallest absolute Gasteiger partial charge is 0.249 e. The van der Waals surface area contributed by atoms with Crippen LogP contribution >= 0.6 is 11.8 Å². The number of hydrogen-bond donors (Lipinski definition) is 1. The minimum Gasteiger partial charge on any atom is -0.368 e. The van der Waals surface area contributed by atoms with Crippen LogP contribution in [0.15, 0.2) is 0 Å². The average molecular weight is 243 g/mol. The molecule has 1 saturated heterocycles. The minimum atomic E-state index is -0.170. The van der Waals surface area contributed by atoms with Crippen LogP contribution in [0.3, 0.4) is 0 Å². The van der Waals surface area contributed by atoms with Crippen molar-refractivity contribution < 1.29 is 9.53 Å². The largest absolute Gasteiger partial charge is 0.368 e. The van der Waals surface area contributed by atoms with E-state index in [2.05, 4.69) is 5.32 Å². The van der Waals surface area contributed by atoms with Gasteiger partial charge < -0.3 is 10.1 Å². The Labute approximate surface area is 102 Å². The van der Waals surface area contributed by atoms with Crippen molar-refractivity contribution in [1.82, 2.24) is 5.32 Å². The van der Waals surface area contributed by atoms with E-state index in [9.17, 15) is 4.79 Å². The predicted molar refractivity (Wildman–Crippen MR) is 66.7 cm³/mol. The highest BCUT2D eigenvalue weighted by Crippen LogP contribution is 2.28. The zero-order chi connectivity index (χ0) is 11.2. The summed E-state index contributed by atoms with van der Waals surface area (Å²) in [5.41, 5.74) is 0. The maximum Gasteiger partial charge on any atom is 0.249 e. The van der Waals surface area contributed by atoms with Gasteiger partial charge in [0.25, 0.3) is 0 Å². The molecule has 2 fully saturated rings. The number of thioether (sulfide) groups is 1. The molecular weight excluding hydrogens is 222 g/mol. The van der Waals surface area contributed by atoms with E-state index in [4.69, 9.17) is 4.74 Å². The highest BCUT2D eigenvalue weighted by molar-refractivity contribution is 7.99. The van der Waals surface area contributed by atoms with Crippen molar-refractivity contribution >= 4 is 17.7 Å². The number of amides is 1. The number of rotatable bonds is 5. The van der Waals surface area contributed by atoms with Crippen molar-refractivity contribution in [2.24, 2.45) is 0 Å². The molecule has 0 aromatic rings. The number of ether oxygens (including phenoxy) is 1. The molecule has 0 bridgehead atoms. The number of carbonyl (C=O) groups excluding carboxylic acids is 1. The first-order valence-corrected chi connectivity index (χ1v) is 7.42. The van der Waals surface area contributed by atoms with Gasteiger partial charge >= 0.3 is 0 Å². The molecular formula is C12H21NO2S. The fourth-order valence-electron chi connectivity index (χ4n) is 2.35. The highest BCUT2D eigenvalue weighted by Gasteiger charge is 2.23. The molecule has 0 radical (unpaired) electrons. The van der Waals surface area contributed by atoms with Gasteiger partial charge in [-0.3, -0.25) is 4.79 Å². The molecule has 1 aliphatic heterocycles. The Morgan fingerprint density at radius 3 is 2.75 bits per heavy atom. The van der Waals surface area contributed by atoms with Gasteiger partial charge in [-0.2, -0.15) is 11.8 Å². The summed E-state index contributed by atoms with van der Waals surface area (Å²) in [6.07, 6.45) is 7.25. The Bertz CT molecular complexity index is 223. The lowest BCUT2D eigenvalue weighted by Crippen LogP contribution is -2.35. The van der Waals surface area contributed by atoms with Crippen LogP contribution in [0.5, 0.6) is 0 Å². The standard InChI is InChI=1S/C12H21NO2S/c14-12(11-6-3-8-15-11)13-7-9-16-10-4-1-2-5-10/h10-11H,1-9H2,(H,13,14). The maximum atomic E-state index is 11.6. The lowest BCUT2D eigenvalue weighted by atomic mass is 10.2. The van der Waals surface area contributed by atoms with Crippen molar-refractivity contribution in [1.29, 1.82) is 0 Å². The lowest BCUT2D eigenvalue weighted by molar-refractivity contribution is -0.129. The molecule has 1 unspecified atom stereocenters. The highest BCUT2D eigenvalue weighted by atomic mass is 32.2. The van der Waals surface area contributed by atoms with Gasteiger partial charge in [0, 0.05) is 24.2 Å². The third-order valence-electron chi connectivity index (χ3n) is 3.28. The molecule has 16 heavy (non-hydrogen) atoms. The molecule has 1 atom stereocenters. The molecule has 4 heteroatoms. The molecule has 1 N–H and O–H groups in total.